The zero-order valence-corrected chi connectivity index (χ0v) is 9.84. The number of pyridine rings is 1. The van der Waals surface area contributed by atoms with Crippen LogP contribution in [0, 0.1) is 0 Å². The van der Waals surface area contributed by atoms with Gasteiger partial charge in [0.15, 0.2) is 5.75 Å². The lowest BCUT2D eigenvalue weighted by atomic mass is 10.3. The molecule has 0 aromatic carbocycles. The Kier molecular flexibility index (Phi) is 3.72. The molecular formula is C12H16N4O. The van der Waals surface area contributed by atoms with Crippen molar-refractivity contribution in [2.75, 3.05) is 0 Å². The van der Waals surface area contributed by atoms with Crippen LogP contribution in [0.1, 0.15) is 19.0 Å². The highest BCUT2D eigenvalue weighted by atomic mass is 16.5. The molecule has 2 heterocycles. The van der Waals surface area contributed by atoms with Crippen molar-refractivity contribution in [3.05, 3.63) is 36.3 Å². The van der Waals surface area contributed by atoms with Crippen molar-refractivity contribution < 1.29 is 4.74 Å². The summed E-state index contributed by atoms with van der Waals surface area (Å²) in [6, 6.07) is 5.55. The first kappa shape index (κ1) is 11.6. The van der Waals surface area contributed by atoms with Crippen LogP contribution in [0.4, 0.5) is 0 Å². The largest absolute Gasteiger partial charge is 0.436 e. The summed E-state index contributed by atoms with van der Waals surface area (Å²) < 4.78 is 7.45. The molecule has 5 heteroatoms. The van der Waals surface area contributed by atoms with Crippen LogP contribution in [0.15, 0.2) is 30.6 Å². The van der Waals surface area contributed by atoms with Crippen molar-refractivity contribution in [3.63, 3.8) is 0 Å². The fourth-order valence-electron chi connectivity index (χ4n) is 1.50. The van der Waals surface area contributed by atoms with Gasteiger partial charge in [-0.15, -0.1) is 0 Å². The van der Waals surface area contributed by atoms with Crippen molar-refractivity contribution >= 4 is 0 Å². The molecule has 17 heavy (non-hydrogen) atoms. The predicted octanol–water partition coefficient (Wildman–Crippen LogP) is 1.94. The Hall–Kier alpha value is -1.88. The van der Waals surface area contributed by atoms with Gasteiger partial charge < -0.3 is 10.5 Å². The monoisotopic (exact) mass is 232 g/mol. The second-order valence-corrected chi connectivity index (χ2v) is 3.71. The molecule has 0 aliphatic carbocycles. The van der Waals surface area contributed by atoms with Crippen LogP contribution in [0.5, 0.6) is 11.6 Å². The fraction of sp³-hybridized carbons (Fsp3) is 0.333. The molecule has 0 fully saturated rings. The van der Waals surface area contributed by atoms with Gasteiger partial charge in [-0.25, -0.2) is 4.98 Å². The zero-order valence-electron chi connectivity index (χ0n) is 9.84. The summed E-state index contributed by atoms with van der Waals surface area (Å²) in [6.45, 7) is 3.40. The van der Waals surface area contributed by atoms with E-state index in [0.717, 1.165) is 18.7 Å². The minimum Gasteiger partial charge on any atom is -0.436 e. The topological polar surface area (TPSA) is 66.0 Å². The van der Waals surface area contributed by atoms with E-state index >= 15 is 0 Å². The first-order valence-electron chi connectivity index (χ1n) is 5.68. The SMILES string of the molecule is CCCn1cc(Oc2cccc(CN)n2)cn1. The maximum Gasteiger partial charge on any atom is 0.219 e. The molecule has 2 aromatic heterocycles. The van der Waals surface area contributed by atoms with Crippen LogP contribution >= 0.6 is 0 Å². The van der Waals surface area contributed by atoms with Gasteiger partial charge in [0.05, 0.1) is 18.1 Å². The van der Waals surface area contributed by atoms with Crippen molar-refractivity contribution in [2.45, 2.75) is 26.4 Å². The van der Waals surface area contributed by atoms with Gasteiger partial charge in [-0.3, -0.25) is 4.68 Å². The summed E-state index contributed by atoms with van der Waals surface area (Å²) in [6.07, 6.45) is 4.59. The smallest absolute Gasteiger partial charge is 0.219 e. The van der Waals surface area contributed by atoms with Crippen LogP contribution in [0.3, 0.4) is 0 Å². The first-order chi connectivity index (χ1) is 8.31. The zero-order chi connectivity index (χ0) is 12.1. The molecule has 0 unspecified atom stereocenters. The molecule has 0 aliphatic rings. The van der Waals surface area contributed by atoms with Crippen LogP contribution in [0.2, 0.25) is 0 Å². The third-order valence-electron chi connectivity index (χ3n) is 2.28. The maximum atomic E-state index is 5.60. The predicted molar refractivity (Wildman–Crippen MR) is 64.7 cm³/mol. The second-order valence-electron chi connectivity index (χ2n) is 3.71. The Bertz CT molecular complexity index is 481. The van der Waals surface area contributed by atoms with Crippen molar-refractivity contribution in [1.82, 2.24) is 14.8 Å². The lowest BCUT2D eigenvalue weighted by Gasteiger charge is -2.02. The lowest BCUT2D eigenvalue weighted by molar-refractivity contribution is 0.459. The van der Waals surface area contributed by atoms with E-state index in [1.807, 2.05) is 23.0 Å². The highest BCUT2D eigenvalue weighted by Crippen LogP contribution is 2.18. The minimum absolute atomic E-state index is 0.409. The van der Waals surface area contributed by atoms with Crippen molar-refractivity contribution in [2.24, 2.45) is 5.73 Å². The highest BCUT2D eigenvalue weighted by molar-refractivity contribution is 5.23. The summed E-state index contributed by atoms with van der Waals surface area (Å²) >= 11 is 0. The number of ether oxygens (including phenoxy) is 1. The second kappa shape index (κ2) is 5.45. The molecule has 0 amide bonds. The Morgan fingerprint density at radius 1 is 1.41 bits per heavy atom. The van der Waals surface area contributed by atoms with E-state index in [2.05, 4.69) is 17.0 Å². The van der Waals surface area contributed by atoms with Crippen molar-refractivity contribution in [3.8, 4) is 11.6 Å². The molecule has 90 valence electrons. The van der Waals surface area contributed by atoms with Crippen LogP contribution in [0.25, 0.3) is 0 Å². The molecule has 2 N–H and O–H groups in total. The van der Waals surface area contributed by atoms with Crippen LogP contribution < -0.4 is 10.5 Å². The lowest BCUT2D eigenvalue weighted by Crippen LogP contribution is -2.00. The van der Waals surface area contributed by atoms with Crippen LogP contribution in [-0.2, 0) is 13.1 Å². The van der Waals surface area contributed by atoms with E-state index in [0.29, 0.717) is 18.2 Å². The average molecular weight is 232 g/mol. The molecule has 2 aromatic rings. The summed E-state index contributed by atoms with van der Waals surface area (Å²) in [7, 11) is 0. The number of nitrogens with zero attached hydrogens (tertiary/aromatic N) is 3. The van der Waals surface area contributed by atoms with Gasteiger partial charge in [0.25, 0.3) is 0 Å². The van der Waals surface area contributed by atoms with Gasteiger partial charge in [0.1, 0.15) is 0 Å². The number of aromatic nitrogens is 3. The molecule has 0 bridgehead atoms. The van der Waals surface area contributed by atoms with Gasteiger partial charge in [-0.05, 0) is 12.5 Å². The summed E-state index contributed by atoms with van der Waals surface area (Å²) in [4.78, 5) is 4.26. The molecule has 0 radical (unpaired) electrons. The summed E-state index contributed by atoms with van der Waals surface area (Å²) in [5, 5.41) is 4.18. The normalized spacial score (nSPS) is 10.5. The number of aryl methyl sites for hydroxylation is 1. The molecule has 0 spiro atoms. The number of nitrogens with two attached hydrogens (primary N) is 1. The summed E-state index contributed by atoms with van der Waals surface area (Å²) in [5.74, 6) is 1.24. The van der Waals surface area contributed by atoms with E-state index in [-0.39, 0.29) is 0 Å². The number of hydrogen-bond donors (Lipinski definition) is 1. The maximum absolute atomic E-state index is 5.60. The van der Waals surface area contributed by atoms with Gasteiger partial charge in [-0.2, -0.15) is 5.10 Å². The van der Waals surface area contributed by atoms with Gasteiger partial charge in [0.2, 0.25) is 5.88 Å². The fourth-order valence-corrected chi connectivity index (χ4v) is 1.50. The highest BCUT2D eigenvalue weighted by Gasteiger charge is 2.02. The van der Waals surface area contributed by atoms with E-state index in [1.54, 1.807) is 12.3 Å². The van der Waals surface area contributed by atoms with E-state index < -0.39 is 0 Å². The van der Waals surface area contributed by atoms with Crippen LogP contribution in [-0.4, -0.2) is 14.8 Å². The summed E-state index contributed by atoms with van der Waals surface area (Å²) in [5.41, 5.74) is 6.33. The third-order valence-corrected chi connectivity index (χ3v) is 2.28. The van der Waals surface area contributed by atoms with E-state index in [9.17, 15) is 0 Å². The molecule has 5 nitrogen and oxygen atoms in total. The Balaban J connectivity index is 2.08. The molecule has 0 atom stereocenters. The Morgan fingerprint density at radius 2 is 2.29 bits per heavy atom. The Morgan fingerprint density at radius 3 is 3.06 bits per heavy atom. The van der Waals surface area contributed by atoms with Gasteiger partial charge in [-0.1, -0.05) is 13.0 Å². The van der Waals surface area contributed by atoms with Crippen molar-refractivity contribution in [1.29, 1.82) is 0 Å². The molecule has 0 saturated heterocycles. The Labute approximate surface area is 100 Å². The number of rotatable bonds is 5. The third kappa shape index (κ3) is 3.04. The van der Waals surface area contributed by atoms with Gasteiger partial charge in [0, 0.05) is 19.2 Å². The van der Waals surface area contributed by atoms with E-state index in [1.165, 1.54) is 0 Å². The minimum atomic E-state index is 0.409. The van der Waals surface area contributed by atoms with Gasteiger partial charge >= 0.3 is 0 Å². The quantitative estimate of drug-likeness (QED) is 0.855. The first-order valence-corrected chi connectivity index (χ1v) is 5.68. The van der Waals surface area contributed by atoms with E-state index in [4.69, 9.17) is 10.5 Å². The molecular weight excluding hydrogens is 216 g/mol. The molecule has 0 saturated carbocycles. The molecule has 0 aliphatic heterocycles. The molecule has 2 rings (SSSR count). The number of hydrogen-bond acceptors (Lipinski definition) is 4. The average Bonchev–Trinajstić information content (AvgIpc) is 2.77. The standard InChI is InChI=1S/C12H16N4O/c1-2-6-16-9-11(8-14-16)17-12-5-3-4-10(7-13)15-12/h3-5,8-9H,2,6-7,13H2,1H3.